The Labute approximate surface area is 165 Å². The molecule has 1 aliphatic carbocycles. The molecule has 0 unspecified atom stereocenters. The smallest absolute Gasteiger partial charge is 0.227 e. The Morgan fingerprint density at radius 1 is 0.929 bits per heavy atom. The minimum atomic E-state index is 0.120. The van der Waals surface area contributed by atoms with Crippen LogP contribution in [-0.4, -0.2) is 5.91 Å². The zero-order valence-electron chi connectivity index (χ0n) is 15.9. The summed E-state index contributed by atoms with van der Waals surface area (Å²) < 4.78 is 11.8. The number of carbonyl (C=O) groups excluding carboxylic acids is 1. The van der Waals surface area contributed by atoms with Gasteiger partial charge in [0.2, 0.25) is 5.91 Å². The summed E-state index contributed by atoms with van der Waals surface area (Å²) in [7, 11) is 0. The predicted molar refractivity (Wildman–Crippen MR) is 110 cm³/mol. The molecular weight excluding hydrogens is 350 g/mol. The van der Waals surface area contributed by atoms with Crippen molar-refractivity contribution in [2.75, 3.05) is 5.32 Å². The lowest BCUT2D eigenvalue weighted by Crippen LogP contribution is -2.13. The molecule has 0 aliphatic heterocycles. The van der Waals surface area contributed by atoms with Crippen LogP contribution in [0.5, 0.6) is 17.2 Å². The zero-order chi connectivity index (χ0) is 19.3. The van der Waals surface area contributed by atoms with Crippen LogP contribution in [0.25, 0.3) is 0 Å². The Kier molecular flexibility index (Phi) is 5.29. The lowest BCUT2D eigenvalue weighted by Gasteiger charge is -2.10. The SMILES string of the molecule is Cc1ccc(Oc2cccc(OCc3ccc(NC(=O)C4CC4)cc3)c2)cc1. The topological polar surface area (TPSA) is 47.6 Å². The van der Waals surface area contributed by atoms with E-state index in [9.17, 15) is 4.79 Å². The summed E-state index contributed by atoms with van der Waals surface area (Å²) in [5.74, 6) is 2.61. The van der Waals surface area contributed by atoms with Crippen molar-refractivity contribution in [3.63, 3.8) is 0 Å². The van der Waals surface area contributed by atoms with E-state index >= 15 is 0 Å². The molecule has 4 nitrogen and oxygen atoms in total. The van der Waals surface area contributed by atoms with Crippen LogP contribution < -0.4 is 14.8 Å². The fourth-order valence-electron chi connectivity index (χ4n) is 2.81. The van der Waals surface area contributed by atoms with E-state index in [0.29, 0.717) is 6.61 Å². The Balaban J connectivity index is 1.32. The highest BCUT2D eigenvalue weighted by molar-refractivity contribution is 5.93. The summed E-state index contributed by atoms with van der Waals surface area (Å²) in [6, 6.07) is 23.3. The van der Waals surface area contributed by atoms with Crippen LogP contribution in [0.3, 0.4) is 0 Å². The molecule has 142 valence electrons. The second-order valence-corrected chi connectivity index (χ2v) is 7.14. The lowest BCUT2D eigenvalue weighted by atomic mass is 10.2. The van der Waals surface area contributed by atoms with Gasteiger partial charge < -0.3 is 14.8 Å². The molecule has 0 heterocycles. The quantitative estimate of drug-likeness (QED) is 0.577. The van der Waals surface area contributed by atoms with Crippen LogP contribution in [-0.2, 0) is 11.4 Å². The molecule has 0 radical (unpaired) electrons. The first-order chi connectivity index (χ1) is 13.7. The molecule has 0 saturated heterocycles. The summed E-state index contributed by atoms with van der Waals surface area (Å²) in [5.41, 5.74) is 3.06. The van der Waals surface area contributed by atoms with Gasteiger partial charge in [-0.2, -0.15) is 0 Å². The van der Waals surface area contributed by atoms with Gasteiger partial charge in [0.25, 0.3) is 0 Å². The minimum absolute atomic E-state index is 0.120. The van der Waals surface area contributed by atoms with Crippen LogP contribution in [0.15, 0.2) is 72.8 Å². The molecular formula is C24H23NO3. The third kappa shape index (κ3) is 4.92. The van der Waals surface area contributed by atoms with Crippen molar-refractivity contribution in [1.29, 1.82) is 0 Å². The normalized spacial score (nSPS) is 13.0. The summed E-state index contributed by atoms with van der Waals surface area (Å²) >= 11 is 0. The number of hydrogen-bond donors (Lipinski definition) is 1. The molecule has 3 aromatic rings. The standard InChI is InChI=1S/C24H23NO3/c1-17-5-13-21(14-6-17)28-23-4-2-3-22(15-23)27-16-18-7-11-20(12-8-18)25-24(26)19-9-10-19/h2-8,11-15,19H,9-10,16H2,1H3,(H,25,26). The summed E-state index contributed by atoms with van der Waals surface area (Å²) in [5, 5.41) is 2.94. The van der Waals surface area contributed by atoms with Gasteiger partial charge in [-0.1, -0.05) is 35.9 Å². The van der Waals surface area contributed by atoms with Crippen molar-refractivity contribution in [3.8, 4) is 17.2 Å². The van der Waals surface area contributed by atoms with Gasteiger partial charge in [0.15, 0.2) is 0 Å². The van der Waals surface area contributed by atoms with Crippen LogP contribution in [0, 0.1) is 12.8 Å². The fourth-order valence-corrected chi connectivity index (χ4v) is 2.81. The van der Waals surface area contributed by atoms with Gasteiger partial charge in [0.1, 0.15) is 23.9 Å². The highest BCUT2D eigenvalue weighted by atomic mass is 16.5. The Hall–Kier alpha value is -3.27. The number of amides is 1. The number of carbonyl (C=O) groups is 1. The van der Waals surface area contributed by atoms with Gasteiger partial charge in [-0.15, -0.1) is 0 Å². The Bertz CT molecular complexity index is 944. The lowest BCUT2D eigenvalue weighted by molar-refractivity contribution is -0.117. The van der Waals surface area contributed by atoms with E-state index in [1.165, 1.54) is 5.56 Å². The second kappa shape index (κ2) is 8.17. The third-order valence-electron chi connectivity index (χ3n) is 4.64. The number of ether oxygens (including phenoxy) is 2. The van der Waals surface area contributed by atoms with Crippen molar-refractivity contribution in [1.82, 2.24) is 0 Å². The van der Waals surface area contributed by atoms with Gasteiger partial charge in [-0.05, 0) is 61.7 Å². The molecule has 1 aliphatic rings. The monoisotopic (exact) mass is 373 g/mol. The number of hydrogen-bond acceptors (Lipinski definition) is 3. The average Bonchev–Trinajstić information content (AvgIpc) is 3.55. The van der Waals surface area contributed by atoms with Gasteiger partial charge in [0, 0.05) is 17.7 Å². The van der Waals surface area contributed by atoms with Gasteiger partial charge in [-0.25, -0.2) is 0 Å². The molecule has 3 aromatic carbocycles. The number of benzene rings is 3. The maximum Gasteiger partial charge on any atom is 0.227 e. The maximum absolute atomic E-state index is 11.8. The largest absolute Gasteiger partial charge is 0.489 e. The molecule has 4 rings (SSSR count). The fraction of sp³-hybridized carbons (Fsp3) is 0.208. The molecule has 0 atom stereocenters. The van der Waals surface area contributed by atoms with Crippen LogP contribution in [0.2, 0.25) is 0 Å². The van der Waals surface area contributed by atoms with E-state index in [-0.39, 0.29) is 11.8 Å². The highest BCUT2D eigenvalue weighted by Gasteiger charge is 2.29. The van der Waals surface area contributed by atoms with Crippen molar-refractivity contribution in [2.45, 2.75) is 26.4 Å². The molecule has 0 aromatic heterocycles. The van der Waals surface area contributed by atoms with Crippen molar-refractivity contribution in [2.24, 2.45) is 5.92 Å². The molecule has 0 bridgehead atoms. The van der Waals surface area contributed by atoms with E-state index in [1.807, 2.05) is 79.7 Å². The number of aryl methyl sites for hydroxylation is 1. The molecule has 4 heteroatoms. The predicted octanol–water partition coefficient (Wildman–Crippen LogP) is 5.71. The van der Waals surface area contributed by atoms with E-state index in [4.69, 9.17) is 9.47 Å². The van der Waals surface area contributed by atoms with E-state index in [1.54, 1.807) is 0 Å². The highest BCUT2D eigenvalue weighted by Crippen LogP contribution is 2.30. The minimum Gasteiger partial charge on any atom is -0.489 e. The average molecular weight is 373 g/mol. The first kappa shape index (κ1) is 18.1. The Morgan fingerprint density at radius 3 is 2.36 bits per heavy atom. The van der Waals surface area contributed by atoms with E-state index in [2.05, 4.69) is 5.32 Å². The summed E-state index contributed by atoms with van der Waals surface area (Å²) in [6.45, 7) is 2.50. The molecule has 1 N–H and O–H groups in total. The summed E-state index contributed by atoms with van der Waals surface area (Å²) in [6.07, 6.45) is 2.01. The summed E-state index contributed by atoms with van der Waals surface area (Å²) in [4.78, 5) is 11.8. The first-order valence-electron chi connectivity index (χ1n) is 9.53. The third-order valence-corrected chi connectivity index (χ3v) is 4.64. The van der Waals surface area contributed by atoms with Crippen molar-refractivity contribution in [3.05, 3.63) is 83.9 Å². The first-order valence-corrected chi connectivity index (χ1v) is 9.53. The number of nitrogens with one attached hydrogen (secondary N) is 1. The zero-order valence-corrected chi connectivity index (χ0v) is 15.9. The van der Waals surface area contributed by atoms with Gasteiger partial charge in [-0.3, -0.25) is 4.79 Å². The molecule has 1 fully saturated rings. The molecule has 1 amide bonds. The van der Waals surface area contributed by atoms with Crippen molar-refractivity contribution < 1.29 is 14.3 Å². The van der Waals surface area contributed by atoms with E-state index in [0.717, 1.165) is 41.3 Å². The van der Waals surface area contributed by atoms with Crippen LogP contribution in [0.1, 0.15) is 24.0 Å². The van der Waals surface area contributed by atoms with E-state index < -0.39 is 0 Å². The Morgan fingerprint density at radius 2 is 1.64 bits per heavy atom. The van der Waals surface area contributed by atoms with Crippen molar-refractivity contribution >= 4 is 11.6 Å². The molecule has 28 heavy (non-hydrogen) atoms. The van der Waals surface area contributed by atoms with Crippen LogP contribution >= 0.6 is 0 Å². The number of anilines is 1. The second-order valence-electron chi connectivity index (χ2n) is 7.14. The number of rotatable bonds is 7. The maximum atomic E-state index is 11.8. The molecule has 1 saturated carbocycles. The van der Waals surface area contributed by atoms with Gasteiger partial charge >= 0.3 is 0 Å². The van der Waals surface area contributed by atoms with Gasteiger partial charge in [0.05, 0.1) is 0 Å². The molecule has 0 spiro atoms. The van der Waals surface area contributed by atoms with Crippen LogP contribution in [0.4, 0.5) is 5.69 Å².